The van der Waals surface area contributed by atoms with Crippen LogP contribution >= 0.6 is 0 Å². The molecule has 0 spiro atoms. The highest BCUT2D eigenvalue weighted by Crippen LogP contribution is 2.17. The number of hydrogen-bond acceptors (Lipinski definition) is 1. The van der Waals surface area contributed by atoms with Crippen molar-refractivity contribution in [2.75, 3.05) is 0 Å². The van der Waals surface area contributed by atoms with Gasteiger partial charge in [0.2, 0.25) is 0 Å². The molecule has 0 aromatic rings. The van der Waals surface area contributed by atoms with Gasteiger partial charge in [-0.25, -0.2) is 0 Å². The predicted octanol–water partition coefficient (Wildman–Crippen LogP) is 3.48. The first-order chi connectivity index (χ1) is 6.15. The van der Waals surface area contributed by atoms with Crippen LogP contribution in [0.25, 0.3) is 0 Å². The van der Waals surface area contributed by atoms with Gasteiger partial charge in [-0.05, 0) is 36.5 Å². The summed E-state index contributed by atoms with van der Waals surface area (Å²) in [6.45, 7) is 8.87. The average Bonchev–Trinajstić information content (AvgIpc) is 2.12. The first-order valence-electron chi connectivity index (χ1n) is 5.24. The van der Waals surface area contributed by atoms with Gasteiger partial charge in [0.1, 0.15) is 0 Å². The van der Waals surface area contributed by atoms with Crippen molar-refractivity contribution in [3.05, 3.63) is 23.9 Å². The lowest BCUT2D eigenvalue weighted by Gasteiger charge is -2.14. The fourth-order valence-electron chi connectivity index (χ4n) is 1.37. The molecule has 76 valence electrons. The lowest BCUT2D eigenvalue weighted by molar-refractivity contribution is 0.453. The standard InChI is InChI=1S/C12H23N/c1-5-11(9-13)7-8-12(6-2)10(3)4/h7-10,12H,5-6,13H2,1-4H3/b8-7-,11-9-. The molecule has 0 bridgehead atoms. The van der Waals surface area contributed by atoms with Gasteiger partial charge in [-0.2, -0.15) is 0 Å². The average molecular weight is 181 g/mol. The van der Waals surface area contributed by atoms with Crippen molar-refractivity contribution in [2.45, 2.75) is 40.5 Å². The number of rotatable bonds is 5. The smallest absolute Gasteiger partial charge is 0.00299 e. The Bertz CT molecular complexity index is 178. The van der Waals surface area contributed by atoms with Crippen molar-refractivity contribution in [1.29, 1.82) is 0 Å². The maximum Gasteiger partial charge on any atom is -0.00299 e. The Morgan fingerprint density at radius 1 is 1.31 bits per heavy atom. The molecule has 0 saturated carbocycles. The van der Waals surface area contributed by atoms with E-state index in [4.69, 9.17) is 5.73 Å². The Balaban J connectivity index is 4.21. The lowest BCUT2D eigenvalue weighted by Crippen LogP contribution is -2.03. The molecule has 2 N–H and O–H groups in total. The Kier molecular flexibility index (Phi) is 6.38. The third kappa shape index (κ3) is 4.76. The minimum atomic E-state index is 0.682. The van der Waals surface area contributed by atoms with Crippen LogP contribution in [0.4, 0.5) is 0 Å². The summed E-state index contributed by atoms with van der Waals surface area (Å²) in [5.74, 6) is 1.40. The molecule has 1 nitrogen and oxygen atoms in total. The number of hydrogen-bond donors (Lipinski definition) is 1. The molecule has 0 amide bonds. The molecule has 0 aliphatic heterocycles. The Labute approximate surface area is 82.7 Å². The van der Waals surface area contributed by atoms with Gasteiger partial charge in [-0.15, -0.1) is 0 Å². The van der Waals surface area contributed by atoms with E-state index in [-0.39, 0.29) is 0 Å². The van der Waals surface area contributed by atoms with E-state index in [9.17, 15) is 0 Å². The topological polar surface area (TPSA) is 26.0 Å². The van der Waals surface area contributed by atoms with E-state index in [1.165, 1.54) is 12.0 Å². The second-order valence-corrected chi connectivity index (χ2v) is 3.77. The molecule has 0 aromatic carbocycles. The Hall–Kier alpha value is -0.720. The molecule has 0 radical (unpaired) electrons. The van der Waals surface area contributed by atoms with Crippen LogP contribution < -0.4 is 5.73 Å². The lowest BCUT2D eigenvalue weighted by atomic mass is 9.92. The van der Waals surface area contributed by atoms with E-state index in [1.54, 1.807) is 6.20 Å². The van der Waals surface area contributed by atoms with Crippen molar-refractivity contribution in [3.63, 3.8) is 0 Å². The second-order valence-electron chi connectivity index (χ2n) is 3.77. The van der Waals surface area contributed by atoms with Crippen LogP contribution in [-0.2, 0) is 0 Å². The van der Waals surface area contributed by atoms with Gasteiger partial charge < -0.3 is 5.73 Å². The largest absolute Gasteiger partial charge is 0.404 e. The Morgan fingerprint density at radius 2 is 1.92 bits per heavy atom. The molecule has 1 unspecified atom stereocenters. The zero-order valence-corrected chi connectivity index (χ0v) is 9.38. The monoisotopic (exact) mass is 181 g/mol. The summed E-state index contributed by atoms with van der Waals surface area (Å²) in [7, 11) is 0. The van der Waals surface area contributed by atoms with Crippen LogP contribution in [-0.4, -0.2) is 0 Å². The molecular weight excluding hydrogens is 158 g/mol. The van der Waals surface area contributed by atoms with Gasteiger partial charge in [-0.3, -0.25) is 0 Å². The quantitative estimate of drug-likeness (QED) is 0.646. The van der Waals surface area contributed by atoms with E-state index in [0.717, 1.165) is 12.3 Å². The van der Waals surface area contributed by atoms with Gasteiger partial charge in [-0.1, -0.05) is 39.8 Å². The van der Waals surface area contributed by atoms with Crippen molar-refractivity contribution in [1.82, 2.24) is 0 Å². The second kappa shape index (κ2) is 6.76. The molecule has 0 saturated heterocycles. The Morgan fingerprint density at radius 3 is 2.23 bits per heavy atom. The minimum Gasteiger partial charge on any atom is -0.404 e. The maximum absolute atomic E-state index is 5.47. The third-order valence-electron chi connectivity index (χ3n) is 2.51. The summed E-state index contributed by atoms with van der Waals surface area (Å²) in [5, 5.41) is 0. The van der Waals surface area contributed by atoms with Crippen LogP contribution in [0, 0.1) is 11.8 Å². The van der Waals surface area contributed by atoms with Crippen LogP contribution in [0.5, 0.6) is 0 Å². The van der Waals surface area contributed by atoms with Gasteiger partial charge in [0.15, 0.2) is 0 Å². The normalized spacial score (nSPS) is 15.6. The van der Waals surface area contributed by atoms with Gasteiger partial charge >= 0.3 is 0 Å². The summed E-state index contributed by atoms with van der Waals surface area (Å²) in [6, 6.07) is 0. The summed E-state index contributed by atoms with van der Waals surface area (Å²) >= 11 is 0. The zero-order chi connectivity index (χ0) is 10.3. The maximum atomic E-state index is 5.47. The first kappa shape index (κ1) is 12.3. The summed E-state index contributed by atoms with van der Waals surface area (Å²) in [5.41, 5.74) is 6.70. The molecule has 0 aliphatic carbocycles. The number of allylic oxidation sites excluding steroid dienone is 3. The summed E-state index contributed by atoms with van der Waals surface area (Å²) in [4.78, 5) is 0. The van der Waals surface area contributed by atoms with Crippen LogP contribution in [0.15, 0.2) is 23.9 Å². The molecule has 13 heavy (non-hydrogen) atoms. The summed E-state index contributed by atoms with van der Waals surface area (Å²) < 4.78 is 0. The van der Waals surface area contributed by atoms with Crippen molar-refractivity contribution in [3.8, 4) is 0 Å². The van der Waals surface area contributed by atoms with Gasteiger partial charge in [0, 0.05) is 0 Å². The molecular formula is C12H23N. The molecule has 1 heteroatoms. The van der Waals surface area contributed by atoms with Gasteiger partial charge in [0.25, 0.3) is 0 Å². The molecule has 0 fully saturated rings. The highest BCUT2D eigenvalue weighted by atomic mass is 14.5. The van der Waals surface area contributed by atoms with Crippen LogP contribution in [0.2, 0.25) is 0 Å². The van der Waals surface area contributed by atoms with Gasteiger partial charge in [0.05, 0.1) is 0 Å². The molecule has 0 heterocycles. The van der Waals surface area contributed by atoms with Crippen molar-refractivity contribution >= 4 is 0 Å². The highest BCUT2D eigenvalue weighted by molar-refractivity contribution is 5.17. The fourth-order valence-corrected chi connectivity index (χ4v) is 1.37. The van der Waals surface area contributed by atoms with E-state index < -0.39 is 0 Å². The van der Waals surface area contributed by atoms with Crippen molar-refractivity contribution < 1.29 is 0 Å². The minimum absolute atomic E-state index is 0.682. The van der Waals surface area contributed by atoms with E-state index in [1.807, 2.05) is 0 Å². The fraction of sp³-hybridized carbons (Fsp3) is 0.667. The predicted molar refractivity (Wildman–Crippen MR) is 60.3 cm³/mol. The molecule has 0 aliphatic rings. The third-order valence-corrected chi connectivity index (χ3v) is 2.51. The molecule has 0 aromatic heterocycles. The van der Waals surface area contributed by atoms with Crippen LogP contribution in [0.1, 0.15) is 40.5 Å². The summed E-state index contributed by atoms with van der Waals surface area (Å²) in [6.07, 6.45) is 8.36. The van der Waals surface area contributed by atoms with E-state index in [0.29, 0.717) is 5.92 Å². The van der Waals surface area contributed by atoms with Crippen LogP contribution in [0.3, 0.4) is 0 Å². The SMILES string of the molecule is CCC(/C=C\C(CC)C(C)C)=C/N. The number of nitrogens with two attached hydrogens (primary N) is 1. The van der Waals surface area contributed by atoms with E-state index in [2.05, 4.69) is 39.8 Å². The van der Waals surface area contributed by atoms with Crippen molar-refractivity contribution in [2.24, 2.45) is 17.6 Å². The highest BCUT2D eigenvalue weighted by Gasteiger charge is 2.05. The first-order valence-corrected chi connectivity index (χ1v) is 5.24. The van der Waals surface area contributed by atoms with E-state index >= 15 is 0 Å². The zero-order valence-electron chi connectivity index (χ0n) is 9.38. The molecule has 0 rings (SSSR count). The molecule has 1 atom stereocenters.